The highest BCUT2D eigenvalue weighted by atomic mass is 16.3. The zero-order valence-electron chi connectivity index (χ0n) is 15.1. The lowest BCUT2D eigenvalue weighted by atomic mass is 9.73. The summed E-state index contributed by atoms with van der Waals surface area (Å²) in [5.74, 6) is 0.345. The maximum Gasteiger partial charge on any atom is 0.222 e. The summed E-state index contributed by atoms with van der Waals surface area (Å²) in [5.41, 5.74) is 1.19. The van der Waals surface area contributed by atoms with Crippen molar-refractivity contribution in [1.29, 1.82) is 0 Å². The molecule has 6 heteroatoms. The first-order valence-electron chi connectivity index (χ1n) is 9.30. The lowest BCUT2D eigenvalue weighted by molar-refractivity contribution is -0.143. The predicted octanol–water partition coefficient (Wildman–Crippen LogP) is 1.18. The Kier molecular flexibility index (Phi) is 5.47. The number of likely N-dealkylation sites (tertiary alicyclic amines) is 2. The van der Waals surface area contributed by atoms with Crippen LogP contribution in [0.4, 0.5) is 0 Å². The van der Waals surface area contributed by atoms with E-state index in [1.54, 1.807) is 4.90 Å². The van der Waals surface area contributed by atoms with Crippen LogP contribution in [0.1, 0.15) is 37.8 Å². The molecule has 1 atom stereocenters. The van der Waals surface area contributed by atoms with Gasteiger partial charge in [-0.3, -0.25) is 9.59 Å². The third-order valence-electron chi connectivity index (χ3n) is 5.78. The third-order valence-corrected chi connectivity index (χ3v) is 5.78. The quantitative estimate of drug-likeness (QED) is 0.870. The highest BCUT2D eigenvalue weighted by Crippen LogP contribution is 2.39. The molecule has 2 fully saturated rings. The van der Waals surface area contributed by atoms with Gasteiger partial charge in [-0.05, 0) is 37.8 Å². The molecule has 2 amide bonds. The first-order chi connectivity index (χ1) is 12.0. The molecule has 2 aliphatic rings. The minimum atomic E-state index is 0.00112. The number of β-amino-alcohol motifs (C(OH)–C–C–N with tert-alkyl or cyclic N) is 1. The second-order valence-corrected chi connectivity index (χ2v) is 7.57. The van der Waals surface area contributed by atoms with Crippen molar-refractivity contribution in [3.63, 3.8) is 0 Å². The molecular weight excluding hydrogens is 318 g/mol. The number of aliphatic hydroxyl groups excluding tert-OH is 1. The number of nitrogens with zero attached hydrogens (tertiary/aromatic N) is 3. The third kappa shape index (κ3) is 4.06. The van der Waals surface area contributed by atoms with Gasteiger partial charge in [-0.1, -0.05) is 0 Å². The molecule has 0 radical (unpaired) electrons. The van der Waals surface area contributed by atoms with Gasteiger partial charge in [0.15, 0.2) is 0 Å². The fraction of sp³-hybridized carbons (Fsp3) is 0.684. The summed E-state index contributed by atoms with van der Waals surface area (Å²) in [6.45, 7) is 2.65. The van der Waals surface area contributed by atoms with Crippen molar-refractivity contribution >= 4 is 11.8 Å². The fourth-order valence-electron chi connectivity index (χ4n) is 4.33. The van der Waals surface area contributed by atoms with Gasteiger partial charge in [0.1, 0.15) is 0 Å². The summed E-state index contributed by atoms with van der Waals surface area (Å²) >= 11 is 0. The Morgan fingerprint density at radius 1 is 1.32 bits per heavy atom. The van der Waals surface area contributed by atoms with E-state index in [0.717, 1.165) is 38.8 Å². The van der Waals surface area contributed by atoms with E-state index in [-0.39, 0.29) is 23.8 Å². The summed E-state index contributed by atoms with van der Waals surface area (Å²) in [6, 6.07) is 4.06. The van der Waals surface area contributed by atoms with E-state index in [9.17, 15) is 14.7 Å². The largest absolute Gasteiger partial charge is 0.395 e. The number of aliphatic hydroxyl groups is 1. The average molecular weight is 347 g/mol. The monoisotopic (exact) mass is 347 g/mol. The van der Waals surface area contributed by atoms with E-state index in [1.807, 2.05) is 24.2 Å². The molecule has 3 heterocycles. The number of hydrogen-bond donors (Lipinski definition) is 1. The maximum absolute atomic E-state index is 12.7. The molecule has 2 saturated heterocycles. The Morgan fingerprint density at radius 3 is 2.88 bits per heavy atom. The normalized spacial score (nSPS) is 24.2. The van der Waals surface area contributed by atoms with E-state index in [4.69, 9.17) is 0 Å². The summed E-state index contributed by atoms with van der Waals surface area (Å²) in [4.78, 5) is 28.5. The zero-order chi connectivity index (χ0) is 17.9. The molecule has 2 aliphatic heterocycles. The molecule has 0 aliphatic carbocycles. The van der Waals surface area contributed by atoms with E-state index in [2.05, 4.69) is 10.6 Å². The Balaban J connectivity index is 1.59. The summed E-state index contributed by atoms with van der Waals surface area (Å²) in [6.07, 6.45) is 6.75. The molecule has 0 aromatic carbocycles. The maximum atomic E-state index is 12.7. The van der Waals surface area contributed by atoms with Gasteiger partial charge in [-0.15, -0.1) is 0 Å². The predicted molar refractivity (Wildman–Crippen MR) is 94.9 cm³/mol. The lowest BCUT2D eigenvalue weighted by Crippen LogP contribution is -2.55. The van der Waals surface area contributed by atoms with Crippen molar-refractivity contribution in [2.24, 2.45) is 12.5 Å². The standard InChI is InChI=1S/C19H29N3O3/c1-20-10-2-4-16(20)5-6-17(24)21-11-3-8-19(14-21)9-7-18(25)22(15-19)12-13-23/h2,4,10,23H,3,5-9,11-15H2,1H3. The van der Waals surface area contributed by atoms with Gasteiger partial charge in [0, 0.05) is 63.4 Å². The molecule has 1 spiro atoms. The minimum Gasteiger partial charge on any atom is -0.395 e. The van der Waals surface area contributed by atoms with Gasteiger partial charge in [-0.2, -0.15) is 0 Å². The van der Waals surface area contributed by atoms with Crippen LogP contribution in [0.2, 0.25) is 0 Å². The molecule has 6 nitrogen and oxygen atoms in total. The number of rotatable bonds is 5. The van der Waals surface area contributed by atoms with Crippen molar-refractivity contribution in [3.8, 4) is 0 Å². The van der Waals surface area contributed by atoms with Gasteiger partial charge in [0.2, 0.25) is 11.8 Å². The van der Waals surface area contributed by atoms with Crippen LogP contribution in [0.3, 0.4) is 0 Å². The molecule has 138 valence electrons. The Morgan fingerprint density at radius 2 is 2.16 bits per heavy atom. The van der Waals surface area contributed by atoms with Crippen molar-refractivity contribution in [2.75, 3.05) is 32.8 Å². The first kappa shape index (κ1) is 18.0. The Hall–Kier alpha value is -1.82. The number of amides is 2. The SMILES string of the molecule is Cn1cccc1CCC(=O)N1CCCC2(CCC(=O)N(CCO)C2)C1. The van der Waals surface area contributed by atoms with Crippen molar-refractivity contribution in [3.05, 3.63) is 24.0 Å². The average Bonchev–Trinajstić information content (AvgIpc) is 3.02. The van der Waals surface area contributed by atoms with Crippen LogP contribution in [0.5, 0.6) is 0 Å². The summed E-state index contributed by atoms with van der Waals surface area (Å²) < 4.78 is 2.06. The van der Waals surface area contributed by atoms with Crippen molar-refractivity contribution in [1.82, 2.24) is 14.4 Å². The molecule has 0 bridgehead atoms. The van der Waals surface area contributed by atoms with Crippen LogP contribution in [-0.2, 0) is 23.1 Å². The fourth-order valence-corrected chi connectivity index (χ4v) is 4.33. The van der Waals surface area contributed by atoms with Gasteiger partial charge in [-0.25, -0.2) is 0 Å². The van der Waals surface area contributed by atoms with Crippen molar-refractivity contribution in [2.45, 2.75) is 38.5 Å². The van der Waals surface area contributed by atoms with Crippen LogP contribution in [0, 0.1) is 5.41 Å². The smallest absolute Gasteiger partial charge is 0.222 e. The van der Waals surface area contributed by atoms with Gasteiger partial charge >= 0.3 is 0 Å². The molecule has 1 aromatic heterocycles. The lowest BCUT2D eigenvalue weighted by Gasteiger charge is -2.48. The number of carbonyl (C=O) groups is 2. The number of aryl methyl sites for hydroxylation is 2. The molecule has 1 unspecified atom stereocenters. The van der Waals surface area contributed by atoms with E-state index in [1.165, 1.54) is 5.69 Å². The molecule has 1 N–H and O–H groups in total. The van der Waals surface area contributed by atoms with Crippen LogP contribution in [0.15, 0.2) is 18.3 Å². The van der Waals surface area contributed by atoms with Gasteiger partial charge < -0.3 is 19.5 Å². The van der Waals surface area contributed by atoms with Crippen LogP contribution >= 0.6 is 0 Å². The van der Waals surface area contributed by atoms with E-state index >= 15 is 0 Å². The minimum absolute atomic E-state index is 0.00112. The highest BCUT2D eigenvalue weighted by molar-refractivity contribution is 5.78. The number of hydrogen-bond acceptors (Lipinski definition) is 3. The molecular formula is C19H29N3O3. The van der Waals surface area contributed by atoms with Gasteiger partial charge in [0.25, 0.3) is 0 Å². The molecule has 1 aromatic rings. The van der Waals surface area contributed by atoms with Gasteiger partial charge in [0.05, 0.1) is 6.61 Å². The summed E-state index contributed by atoms with van der Waals surface area (Å²) in [7, 11) is 2.00. The topological polar surface area (TPSA) is 65.8 Å². The second-order valence-electron chi connectivity index (χ2n) is 7.57. The van der Waals surface area contributed by atoms with Crippen LogP contribution in [0.25, 0.3) is 0 Å². The number of piperidine rings is 2. The molecule has 25 heavy (non-hydrogen) atoms. The highest BCUT2D eigenvalue weighted by Gasteiger charge is 2.42. The second kappa shape index (κ2) is 7.60. The van der Waals surface area contributed by atoms with Crippen LogP contribution < -0.4 is 0 Å². The van der Waals surface area contributed by atoms with Crippen LogP contribution in [-0.4, -0.2) is 64.1 Å². The van der Waals surface area contributed by atoms with E-state index < -0.39 is 0 Å². The molecule has 0 saturated carbocycles. The van der Waals surface area contributed by atoms with Crippen molar-refractivity contribution < 1.29 is 14.7 Å². The summed E-state index contributed by atoms with van der Waals surface area (Å²) in [5, 5.41) is 9.19. The Labute approximate surface area is 149 Å². The Bertz CT molecular complexity index is 627. The number of aromatic nitrogens is 1. The van der Waals surface area contributed by atoms with E-state index in [0.29, 0.717) is 25.9 Å². The number of carbonyl (C=O) groups excluding carboxylic acids is 2. The zero-order valence-corrected chi connectivity index (χ0v) is 15.1. The first-order valence-corrected chi connectivity index (χ1v) is 9.30. The molecule has 3 rings (SSSR count).